The van der Waals surface area contributed by atoms with Gasteiger partial charge in [0.25, 0.3) is 0 Å². The van der Waals surface area contributed by atoms with E-state index in [1.165, 1.54) is 16.2 Å². The number of likely N-dealkylation sites (N-methyl/N-ethyl adjacent to an activating group) is 1. The second kappa shape index (κ2) is 11.5. The van der Waals surface area contributed by atoms with Crippen LogP contribution in [0.4, 0.5) is 9.80 Å². The molecule has 0 aliphatic carbocycles. The lowest BCUT2D eigenvalue weighted by atomic mass is 10.0. The molecule has 1 unspecified atom stereocenters. The van der Waals surface area contributed by atoms with Gasteiger partial charge in [-0.05, 0) is 44.0 Å². The van der Waals surface area contributed by atoms with E-state index < -0.39 is 17.7 Å². The minimum Gasteiger partial charge on any atom is -0.444 e. The first-order valence-electron chi connectivity index (χ1n) is 10.9. The molecule has 0 aliphatic rings. The van der Waals surface area contributed by atoms with E-state index in [0.717, 1.165) is 11.1 Å². The van der Waals surface area contributed by atoms with Crippen LogP contribution >= 0.6 is 11.3 Å². The van der Waals surface area contributed by atoms with Gasteiger partial charge in [0.15, 0.2) is 0 Å². The predicted octanol–water partition coefficient (Wildman–Crippen LogP) is 5.11. The number of amides is 2. The van der Waals surface area contributed by atoms with Gasteiger partial charge in [-0.25, -0.2) is 9.78 Å². The highest BCUT2D eigenvalue weighted by atomic mass is 32.1. The highest BCUT2D eigenvalue weighted by Crippen LogP contribution is 2.35. The monoisotopic (exact) mass is 493 g/mol. The van der Waals surface area contributed by atoms with E-state index in [2.05, 4.69) is 25.3 Å². The van der Waals surface area contributed by atoms with Crippen LogP contribution < -0.4 is 10.2 Å². The number of hydrogen-bond donors (Lipinski definition) is 1. The summed E-state index contributed by atoms with van der Waals surface area (Å²) in [7, 11) is 1.61. The van der Waals surface area contributed by atoms with E-state index in [4.69, 9.17) is 10.3 Å². The van der Waals surface area contributed by atoms with Gasteiger partial charge in [-0.1, -0.05) is 46.8 Å². The number of nitrogens with one attached hydrogen (secondary N) is 1. The molecule has 2 heterocycles. The summed E-state index contributed by atoms with van der Waals surface area (Å²) in [6, 6.07) is 12.1. The van der Waals surface area contributed by atoms with Crippen molar-refractivity contribution >= 4 is 28.3 Å². The number of ether oxygens (including phenoxy) is 1. The molecule has 0 radical (unpaired) electrons. The van der Waals surface area contributed by atoms with Crippen molar-refractivity contribution < 1.29 is 14.3 Å². The Kier molecular flexibility index (Phi) is 8.40. The maximum absolute atomic E-state index is 13.6. The molecule has 0 aliphatic heterocycles. The SMILES string of the molecule is CN(C(=O)C(Cc1ccccc1)NC(=O)OC(C)(C)C)c1sc(-c2cccnc2)nc1CN=[N+]=[N-]. The maximum Gasteiger partial charge on any atom is 0.408 e. The molecule has 0 saturated heterocycles. The van der Waals surface area contributed by atoms with Gasteiger partial charge < -0.3 is 15.0 Å². The number of thiazole rings is 1. The summed E-state index contributed by atoms with van der Waals surface area (Å²) >= 11 is 1.28. The molecule has 0 bridgehead atoms. The van der Waals surface area contributed by atoms with Crippen molar-refractivity contribution in [3.63, 3.8) is 0 Å². The third kappa shape index (κ3) is 7.26. The largest absolute Gasteiger partial charge is 0.444 e. The molecule has 3 aromatic rings. The molecule has 11 heteroatoms. The number of rotatable bonds is 8. The standard InChI is InChI=1S/C24H27N7O3S/c1-24(2,3)34-23(33)29-18(13-16-9-6-5-7-10-16)21(32)31(4)22-19(15-27-30-25)28-20(35-22)17-11-8-12-26-14-17/h5-12,14,18H,13,15H2,1-4H3,(H,29,33). The molecule has 2 aromatic heterocycles. The number of anilines is 1. The Labute approximate surface area is 207 Å². The average Bonchev–Trinajstić information content (AvgIpc) is 3.25. The van der Waals surface area contributed by atoms with Crippen LogP contribution in [0.1, 0.15) is 32.0 Å². The van der Waals surface area contributed by atoms with Crippen molar-refractivity contribution in [3.8, 4) is 10.6 Å². The molecule has 182 valence electrons. The molecule has 10 nitrogen and oxygen atoms in total. The fraction of sp³-hybridized carbons (Fsp3) is 0.333. The Bertz CT molecular complexity index is 1200. The van der Waals surface area contributed by atoms with Crippen LogP contribution in [-0.4, -0.2) is 40.7 Å². The molecule has 0 spiro atoms. The van der Waals surface area contributed by atoms with E-state index in [0.29, 0.717) is 15.7 Å². The summed E-state index contributed by atoms with van der Waals surface area (Å²) in [6.45, 7) is 5.24. The lowest BCUT2D eigenvalue weighted by Crippen LogP contribution is -2.50. The molecule has 1 N–H and O–H groups in total. The molecule has 3 rings (SSSR count). The summed E-state index contributed by atoms with van der Waals surface area (Å²) in [6.07, 6.45) is 2.91. The summed E-state index contributed by atoms with van der Waals surface area (Å²) in [5.41, 5.74) is 10.2. The van der Waals surface area contributed by atoms with Crippen LogP contribution in [0, 0.1) is 0 Å². The minimum absolute atomic E-state index is 0.0247. The summed E-state index contributed by atoms with van der Waals surface area (Å²) in [5.74, 6) is -0.358. The van der Waals surface area contributed by atoms with Crippen LogP contribution in [0.25, 0.3) is 21.0 Å². The van der Waals surface area contributed by atoms with Crippen molar-refractivity contribution in [2.75, 3.05) is 11.9 Å². The van der Waals surface area contributed by atoms with Crippen molar-refractivity contribution in [1.82, 2.24) is 15.3 Å². The number of azide groups is 1. The average molecular weight is 494 g/mol. The number of benzene rings is 1. The number of aromatic nitrogens is 2. The highest BCUT2D eigenvalue weighted by molar-refractivity contribution is 7.19. The molecular weight excluding hydrogens is 466 g/mol. The van der Waals surface area contributed by atoms with Gasteiger partial charge in [-0.2, -0.15) is 0 Å². The summed E-state index contributed by atoms with van der Waals surface area (Å²) in [4.78, 5) is 39.1. The summed E-state index contributed by atoms with van der Waals surface area (Å²) < 4.78 is 5.39. The Hall–Kier alpha value is -3.95. The number of alkyl carbamates (subject to hydrolysis) is 1. The Balaban J connectivity index is 1.93. The third-order valence-electron chi connectivity index (χ3n) is 4.78. The van der Waals surface area contributed by atoms with Gasteiger partial charge in [0.1, 0.15) is 21.7 Å². The number of pyridine rings is 1. The first kappa shape index (κ1) is 25.7. The van der Waals surface area contributed by atoms with E-state index in [1.807, 2.05) is 36.4 Å². The fourth-order valence-electron chi connectivity index (χ4n) is 3.25. The molecule has 2 amide bonds. The zero-order chi connectivity index (χ0) is 25.4. The van der Waals surface area contributed by atoms with Crippen LogP contribution in [0.2, 0.25) is 0 Å². The first-order valence-corrected chi connectivity index (χ1v) is 11.7. The van der Waals surface area contributed by atoms with Gasteiger partial charge in [0.2, 0.25) is 5.91 Å². The van der Waals surface area contributed by atoms with Crippen molar-refractivity contribution in [2.24, 2.45) is 5.11 Å². The molecular formula is C24H27N7O3S. The van der Waals surface area contributed by atoms with Crippen LogP contribution in [-0.2, 0) is 22.5 Å². The molecule has 35 heavy (non-hydrogen) atoms. The van der Waals surface area contributed by atoms with Gasteiger partial charge >= 0.3 is 6.09 Å². The van der Waals surface area contributed by atoms with Crippen LogP contribution in [0.5, 0.6) is 0 Å². The zero-order valence-electron chi connectivity index (χ0n) is 20.0. The maximum atomic E-state index is 13.6. The van der Waals surface area contributed by atoms with Gasteiger partial charge in [-0.3, -0.25) is 9.78 Å². The first-order chi connectivity index (χ1) is 16.7. The normalized spacial score (nSPS) is 11.8. The van der Waals surface area contributed by atoms with E-state index in [9.17, 15) is 9.59 Å². The number of carbonyl (C=O) groups excluding carboxylic acids is 2. The number of hydrogen-bond acceptors (Lipinski definition) is 7. The third-order valence-corrected chi connectivity index (χ3v) is 6.00. The van der Waals surface area contributed by atoms with Gasteiger partial charge in [0.05, 0.1) is 12.2 Å². The van der Waals surface area contributed by atoms with E-state index >= 15 is 0 Å². The fourth-order valence-corrected chi connectivity index (χ4v) is 4.29. The topological polar surface area (TPSA) is 133 Å². The number of nitrogens with zero attached hydrogens (tertiary/aromatic N) is 6. The second-order valence-corrected chi connectivity index (χ2v) is 9.66. The predicted molar refractivity (Wildman–Crippen MR) is 135 cm³/mol. The molecule has 1 aromatic carbocycles. The summed E-state index contributed by atoms with van der Waals surface area (Å²) in [5, 5.41) is 7.50. The Morgan fingerprint density at radius 3 is 2.60 bits per heavy atom. The number of carbonyl (C=O) groups is 2. The van der Waals surface area contributed by atoms with Crippen molar-refractivity contribution in [3.05, 3.63) is 76.6 Å². The van der Waals surface area contributed by atoms with Gasteiger partial charge in [-0.15, -0.1) is 0 Å². The van der Waals surface area contributed by atoms with E-state index in [-0.39, 0.29) is 18.9 Å². The second-order valence-electron chi connectivity index (χ2n) is 8.69. The quantitative estimate of drug-likeness (QED) is 0.264. The molecule has 1 atom stereocenters. The van der Waals surface area contributed by atoms with Crippen molar-refractivity contribution in [1.29, 1.82) is 0 Å². The van der Waals surface area contributed by atoms with Gasteiger partial charge in [0, 0.05) is 36.3 Å². The minimum atomic E-state index is -0.895. The van der Waals surface area contributed by atoms with Crippen LogP contribution in [0.3, 0.4) is 0 Å². The molecule has 0 fully saturated rings. The lowest BCUT2D eigenvalue weighted by molar-refractivity contribution is -0.120. The smallest absolute Gasteiger partial charge is 0.408 e. The Morgan fingerprint density at radius 2 is 1.97 bits per heavy atom. The molecule has 0 saturated carbocycles. The van der Waals surface area contributed by atoms with E-state index in [1.54, 1.807) is 46.3 Å². The van der Waals surface area contributed by atoms with Crippen molar-refractivity contribution in [2.45, 2.75) is 45.4 Å². The lowest BCUT2D eigenvalue weighted by Gasteiger charge is -2.26. The Morgan fingerprint density at radius 1 is 1.23 bits per heavy atom. The zero-order valence-corrected chi connectivity index (χ0v) is 20.8. The highest BCUT2D eigenvalue weighted by Gasteiger charge is 2.30. The van der Waals surface area contributed by atoms with Crippen LogP contribution in [0.15, 0.2) is 60.0 Å².